The number of phenols is 1. The summed E-state index contributed by atoms with van der Waals surface area (Å²) in [7, 11) is 3.25. The SMILES string of the molecule is CC[C@]1(CCCNC(C)C)CCN(c2cc(-c3cc(F)cc(-c4ccc(-n5ccn(C)c5=O)c(Cl)c4)c3O)cnc2OC)C1. The van der Waals surface area contributed by atoms with Crippen LogP contribution < -0.4 is 20.6 Å². The van der Waals surface area contributed by atoms with Gasteiger partial charge in [0, 0.05) is 61.5 Å². The third-order valence-corrected chi connectivity index (χ3v) is 9.14. The van der Waals surface area contributed by atoms with Gasteiger partial charge in [-0.25, -0.2) is 14.2 Å². The first-order chi connectivity index (χ1) is 21.1. The number of aromatic nitrogens is 3. The van der Waals surface area contributed by atoms with Gasteiger partial charge in [0.25, 0.3) is 0 Å². The van der Waals surface area contributed by atoms with Gasteiger partial charge in [0.2, 0.25) is 5.88 Å². The van der Waals surface area contributed by atoms with Crippen molar-refractivity contribution in [1.82, 2.24) is 19.4 Å². The van der Waals surface area contributed by atoms with Crippen molar-refractivity contribution in [3.05, 3.63) is 76.3 Å². The minimum absolute atomic E-state index is 0.0907. The van der Waals surface area contributed by atoms with Crippen LogP contribution in [0.1, 0.15) is 46.5 Å². The zero-order valence-corrected chi connectivity index (χ0v) is 26.8. The van der Waals surface area contributed by atoms with E-state index in [-0.39, 0.29) is 22.4 Å². The summed E-state index contributed by atoms with van der Waals surface area (Å²) in [6.07, 6.45) is 9.26. The van der Waals surface area contributed by atoms with Crippen molar-refractivity contribution in [2.45, 2.75) is 52.5 Å². The summed E-state index contributed by atoms with van der Waals surface area (Å²) in [4.78, 5) is 19.3. The number of phenolic OH excluding ortho intramolecular Hbond substituents is 1. The van der Waals surface area contributed by atoms with E-state index < -0.39 is 5.82 Å². The molecule has 2 aromatic heterocycles. The summed E-state index contributed by atoms with van der Waals surface area (Å²) in [6, 6.07) is 10.0. The van der Waals surface area contributed by atoms with E-state index in [0.717, 1.165) is 51.0 Å². The molecular formula is C34H41ClFN5O3. The summed E-state index contributed by atoms with van der Waals surface area (Å²) in [5.74, 6) is -0.102. The van der Waals surface area contributed by atoms with Crippen molar-refractivity contribution in [3.8, 4) is 39.6 Å². The average Bonchev–Trinajstić information content (AvgIpc) is 3.59. The number of rotatable bonds is 11. The van der Waals surface area contributed by atoms with Gasteiger partial charge in [0.15, 0.2) is 0 Å². The maximum atomic E-state index is 15.1. The fourth-order valence-electron chi connectivity index (χ4n) is 6.19. The summed E-state index contributed by atoms with van der Waals surface area (Å²) in [5.41, 5.74) is 2.97. The van der Waals surface area contributed by atoms with Crippen LogP contribution in [0, 0.1) is 11.2 Å². The van der Waals surface area contributed by atoms with Crippen molar-refractivity contribution in [2.75, 3.05) is 31.6 Å². The quantitative estimate of drug-likeness (QED) is 0.179. The second kappa shape index (κ2) is 13.0. The van der Waals surface area contributed by atoms with Crippen molar-refractivity contribution < 1.29 is 14.2 Å². The molecule has 2 aromatic carbocycles. The maximum absolute atomic E-state index is 15.1. The van der Waals surface area contributed by atoms with E-state index in [1.807, 2.05) is 6.07 Å². The third-order valence-electron chi connectivity index (χ3n) is 8.84. The average molecular weight is 622 g/mol. The van der Waals surface area contributed by atoms with Gasteiger partial charge in [-0.05, 0) is 73.5 Å². The number of hydrogen-bond donors (Lipinski definition) is 2. The molecule has 0 radical (unpaired) electrons. The molecule has 3 heterocycles. The van der Waals surface area contributed by atoms with Gasteiger partial charge < -0.3 is 24.6 Å². The number of hydrogen-bond acceptors (Lipinski definition) is 6. The molecule has 8 nitrogen and oxygen atoms in total. The van der Waals surface area contributed by atoms with E-state index in [1.54, 1.807) is 50.9 Å². The monoisotopic (exact) mass is 621 g/mol. The topological polar surface area (TPSA) is 84.6 Å². The molecule has 1 saturated heterocycles. The molecule has 44 heavy (non-hydrogen) atoms. The van der Waals surface area contributed by atoms with Gasteiger partial charge in [0.1, 0.15) is 17.3 Å². The molecule has 10 heteroatoms. The molecule has 0 unspecified atom stereocenters. The number of methoxy groups -OCH3 is 1. The number of nitrogens with one attached hydrogen (secondary N) is 1. The molecular weight excluding hydrogens is 581 g/mol. The second-order valence-corrected chi connectivity index (χ2v) is 12.5. The molecule has 1 aliphatic heterocycles. The molecule has 234 valence electrons. The van der Waals surface area contributed by atoms with Crippen LogP contribution in [-0.2, 0) is 7.05 Å². The largest absolute Gasteiger partial charge is 0.507 e. The van der Waals surface area contributed by atoms with Crippen LogP contribution in [0.5, 0.6) is 11.6 Å². The summed E-state index contributed by atoms with van der Waals surface area (Å²) in [5, 5.41) is 15.3. The van der Waals surface area contributed by atoms with Gasteiger partial charge in [-0.1, -0.05) is 38.4 Å². The number of pyridine rings is 1. The van der Waals surface area contributed by atoms with Gasteiger partial charge in [-0.3, -0.25) is 4.57 Å². The van der Waals surface area contributed by atoms with Crippen molar-refractivity contribution >= 4 is 17.3 Å². The van der Waals surface area contributed by atoms with E-state index in [2.05, 4.69) is 36.0 Å². The van der Waals surface area contributed by atoms with Gasteiger partial charge in [-0.15, -0.1) is 0 Å². The van der Waals surface area contributed by atoms with Crippen LogP contribution in [0.25, 0.3) is 27.9 Å². The Kier molecular flexibility index (Phi) is 9.37. The molecule has 1 aliphatic rings. The number of halogens is 2. The van der Waals surface area contributed by atoms with Crippen LogP contribution in [0.4, 0.5) is 10.1 Å². The minimum atomic E-state index is -0.508. The van der Waals surface area contributed by atoms with E-state index >= 15 is 4.39 Å². The van der Waals surface area contributed by atoms with E-state index in [9.17, 15) is 9.90 Å². The molecule has 5 rings (SSSR count). The summed E-state index contributed by atoms with van der Waals surface area (Å²) < 4.78 is 23.7. The number of ether oxygens (including phenoxy) is 1. The Bertz CT molecular complexity index is 1700. The van der Waals surface area contributed by atoms with E-state index in [1.165, 1.54) is 21.3 Å². The predicted molar refractivity (Wildman–Crippen MR) is 175 cm³/mol. The molecule has 2 N–H and O–H groups in total. The van der Waals surface area contributed by atoms with Gasteiger partial charge in [0.05, 0.1) is 17.8 Å². The van der Waals surface area contributed by atoms with Crippen molar-refractivity contribution in [1.29, 1.82) is 0 Å². The number of aromatic hydroxyl groups is 1. The van der Waals surface area contributed by atoms with Crippen molar-refractivity contribution in [2.24, 2.45) is 12.5 Å². The lowest BCUT2D eigenvalue weighted by Crippen LogP contribution is -2.29. The number of imidazole rings is 1. The van der Waals surface area contributed by atoms with E-state index in [0.29, 0.717) is 39.3 Å². The highest BCUT2D eigenvalue weighted by atomic mass is 35.5. The molecule has 0 spiro atoms. The Hall–Kier alpha value is -3.82. The van der Waals surface area contributed by atoms with Crippen LogP contribution in [0.3, 0.4) is 0 Å². The van der Waals surface area contributed by atoms with Crippen LogP contribution in [-0.4, -0.2) is 52.0 Å². The third kappa shape index (κ3) is 6.35. The molecule has 0 bridgehead atoms. The van der Waals surface area contributed by atoms with Gasteiger partial charge in [-0.2, -0.15) is 0 Å². The summed E-state index contributed by atoms with van der Waals surface area (Å²) >= 11 is 6.58. The highest BCUT2D eigenvalue weighted by molar-refractivity contribution is 6.32. The Labute approximate surface area is 263 Å². The smallest absolute Gasteiger partial charge is 0.332 e. The number of nitrogens with zero attached hydrogens (tertiary/aromatic N) is 4. The fourth-order valence-corrected chi connectivity index (χ4v) is 6.46. The Morgan fingerprint density at radius 2 is 1.89 bits per heavy atom. The fraction of sp³-hybridized carbons (Fsp3) is 0.412. The lowest BCUT2D eigenvalue weighted by Gasteiger charge is -2.29. The lowest BCUT2D eigenvalue weighted by molar-refractivity contribution is 0.276. The Balaban J connectivity index is 1.46. The minimum Gasteiger partial charge on any atom is -0.507 e. The first-order valence-electron chi connectivity index (χ1n) is 15.2. The molecule has 1 atom stereocenters. The maximum Gasteiger partial charge on any atom is 0.332 e. The lowest BCUT2D eigenvalue weighted by atomic mass is 9.80. The highest BCUT2D eigenvalue weighted by Crippen LogP contribution is 2.45. The second-order valence-electron chi connectivity index (χ2n) is 12.1. The van der Waals surface area contributed by atoms with Crippen LogP contribution in [0.15, 0.2) is 59.8 Å². The Morgan fingerprint density at radius 3 is 2.52 bits per heavy atom. The van der Waals surface area contributed by atoms with Crippen LogP contribution in [0.2, 0.25) is 5.02 Å². The molecule has 0 saturated carbocycles. The molecule has 0 amide bonds. The standard InChI is InChI=1S/C34H41ClFN5O3/c1-6-34(10-7-12-37-22(2)3)11-13-40(21-34)30-17-24(20-38-32(30)44-5)27-19-25(36)18-26(31(27)42)23-8-9-29(28(35)16-23)41-15-14-39(4)33(41)43/h8-9,14-20,22,37,42H,6-7,10-13,21H2,1-5H3/t34-/m0/s1. The first kappa shape index (κ1) is 31.6. The zero-order chi connectivity index (χ0) is 31.6. The number of aryl methyl sites for hydroxylation is 1. The highest BCUT2D eigenvalue weighted by Gasteiger charge is 2.37. The predicted octanol–water partition coefficient (Wildman–Crippen LogP) is 6.80. The van der Waals surface area contributed by atoms with E-state index in [4.69, 9.17) is 16.3 Å². The number of benzene rings is 2. The van der Waals surface area contributed by atoms with Crippen LogP contribution >= 0.6 is 11.6 Å². The summed E-state index contributed by atoms with van der Waals surface area (Å²) in [6.45, 7) is 9.33. The zero-order valence-electron chi connectivity index (χ0n) is 26.0. The first-order valence-corrected chi connectivity index (χ1v) is 15.5. The van der Waals surface area contributed by atoms with Gasteiger partial charge >= 0.3 is 5.69 Å². The Morgan fingerprint density at radius 1 is 1.14 bits per heavy atom. The molecule has 0 aliphatic carbocycles. The van der Waals surface area contributed by atoms with Crippen molar-refractivity contribution in [3.63, 3.8) is 0 Å². The molecule has 1 fully saturated rings. The normalized spacial score (nSPS) is 16.7. The molecule has 4 aromatic rings. The number of anilines is 1.